The minimum Gasteiger partial charge on any atom is -0.289 e. The fourth-order valence-corrected chi connectivity index (χ4v) is 6.24. The number of hydrogen-bond donors (Lipinski definition) is 2. The number of carbonyl (C=O) groups is 3. The van der Waals surface area contributed by atoms with Crippen LogP contribution in [-0.2, 0) is 4.79 Å². The molecule has 5 heteroatoms. The summed E-state index contributed by atoms with van der Waals surface area (Å²) in [6, 6.07) is 15.6. The van der Waals surface area contributed by atoms with Crippen LogP contribution in [0.15, 0.2) is 54.6 Å². The number of benzene rings is 2. The Labute approximate surface area is 176 Å². The maximum absolute atomic E-state index is 13.0. The van der Waals surface area contributed by atoms with E-state index in [2.05, 4.69) is 10.9 Å². The summed E-state index contributed by atoms with van der Waals surface area (Å²) in [5, 5.41) is 0. The van der Waals surface area contributed by atoms with Crippen molar-refractivity contribution in [3.63, 3.8) is 0 Å². The molecule has 0 heterocycles. The highest BCUT2D eigenvalue weighted by molar-refractivity contribution is 6.09. The van der Waals surface area contributed by atoms with Crippen molar-refractivity contribution in [1.29, 1.82) is 0 Å². The van der Waals surface area contributed by atoms with Gasteiger partial charge in [-0.25, -0.2) is 0 Å². The lowest BCUT2D eigenvalue weighted by atomic mass is 9.49. The Kier molecular flexibility index (Phi) is 4.69. The first-order valence-corrected chi connectivity index (χ1v) is 10.8. The van der Waals surface area contributed by atoms with Crippen LogP contribution in [0.5, 0.6) is 0 Å². The first-order valence-electron chi connectivity index (χ1n) is 10.8. The lowest BCUT2D eigenvalue weighted by molar-refractivity contribution is -0.147. The van der Waals surface area contributed by atoms with Gasteiger partial charge in [-0.1, -0.05) is 42.5 Å². The van der Waals surface area contributed by atoms with Crippen molar-refractivity contribution in [1.82, 2.24) is 10.9 Å². The van der Waals surface area contributed by atoms with Gasteiger partial charge in [-0.15, -0.1) is 0 Å². The Morgan fingerprint density at radius 3 is 1.73 bits per heavy atom. The molecule has 4 bridgehead atoms. The van der Waals surface area contributed by atoms with E-state index in [0.717, 1.165) is 19.3 Å². The topological polar surface area (TPSA) is 75.3 Å². The third kappa shape index (κ3) is 3.42. The molecule has 30 heavy (non-hydrogen) atoms. The van der Waals surface area contributed by atoms with E-state index in [1.54, 1.807) is 36.4 Å². The van der Waals surface area contributed by atoms with Crippen molar-refractivity contribution in [3.8, 4) is 0 Å². The zero-order valence-corrected chi connectivity index (χ0v) is 16.9. The van der Waals surface area contributed by atoms with Crippen LogP contribution in [0.4, 0.5) is 0 Å². The van der Waals surface area contributed by atoms with Crippen molar-refractivity contribution in [2.45, 2.75) is 38.5 Å². The molecular weight excluding hydrogens is 376 g/mol. The predicted octanol–water partition coefficient (Wildman–Crippen LogP) is 3.90. The quantitative estimate of drug-likeness (QED) is 0.602. The summed E-state index contributed by atoms with van der Waals surface area (Å²) in [6.45, 7) is 0. The van der Waals surface area contributed by atoms with E-state index in [9.17, 15) is 14.4 Å². The van der Waals surface area contributed by atoms with E-state index >= 15 is 0 Å². The molecule has 0 radical (unpaired) electrons. The first kappa shape index (κ1) is 19.0. The zero-order valence-electron chi connectivity index (χ0n) is 16.9. The maximum atomic E-state index is 13.0. The lowest BCUT2D eigenvalue weighted by Crippen LogP contribution is -2.56. The molecule has 6 rings (SSSR count). The number of hydrogen-bond acceptors (Lipinski definition) is 3. The summed E-state index contributed by atoms with van der Waals surface area (Å²) < 4.78 is 0. The second-order valence-corrected chi connectivity index (χ2v) is 9.38. The van der Waals surface area contributed by atoms with Crippen molar-refractivity contribution >= 4 is 17.6 Å². The number of carbonyl (C=O) groups excluding carboxylic acids is 3. The van der Waals surface area contributed by atoms with E-state index in [0.29, 0.717) is 34.4 Å². The molecule has 0 unspecified atom stereocenters. The zero-order chi connectivity index (χ0) is 20.7. The number of rotatable bonds is 4. The molecule has 2 aromatic carbocycles. The average Bonchev–Trinajstić information content (AvgIpc) is 2.76. The van der Waals surface area contributed by atoms with E-state index in [1.165, 1.54) is 19.3 Å². The molecule has 0 atom stereocenters. The van der Waals surface area contributed by atoms with Crippen LogP contribution in [0.1, 0.15) is 64.8 Å². The van der Waals surface area contributed by atoms with Gasteiger partial charge in [0, 0.05) is 16.7 Å². The van der Waals surface area contributed by atoms with Gasteiger partial charge in [0.25, 0.3) is 5.91 Å². The fourth-order valence-electron chi connectivity index (χ4n) is 6.24. The Balaban J connectivity index is 1.21. The fraction of sp³-hybridized carbons (Fsp3) is 0.400. The Morgan fingerprint density at radius 2 is 1.17 bits per heavy atom. The van der Waals surface area contributed by atoms with Gasteiger partial charge in [-0.05, 0) is 68.4 Å². The Bertz CT molecular complexity index is 946. The standard InChI is InChI=1S/C25H26N2O3/c28-22(19-4-2-1-3-5-19)20-6-8-21(9-7-20)23(29)26-27-24(30)25-13-16-10-17(14-25)12-18(11-16)15-25/h1-9,16-18H,10-15H2,(H,26,29)(H,27,30). The third-order valence-electron chi connectivity index (χ3n) is 7.25. The second-order valence-electron chi connectivity index (χ2n) is 9.38. The molecule has 0 aromatic heterocycles. The van der Waals surface area contributed by atoms with Gasteiger partial charge in [-0.3, -0.25) is 25.2 Å². The summed E-state index contributed by atoms with van der Waals surface area (Å²) in [7, 11) is 0. The molecule has 4 saturated carbocycles. The van der Waals surface area contributed by atoms with Crippen LogP contribution in [-0.4, -0.2) is 17.6 Å². The lowest BCUT2D eigenvalue weighted by Gasteiger charge is -2.55. The van der Waals surface area contributed by atoms with Crippen LogP contribution >= 0.6 is 0 Å². The highest BCUT2D eigenvalue weighted by atomic mass is 16.2. The molecule has 5 nitrogen and oxygen atoms in total. The van der Waals surface area contributed by atoms with Crippen LogP contribution in [0, 0.1) is 23.2 Å². The van der Waals surface area contributed by atoms with Gasteiger partial charge < -0.3 is 0 Å². The smallest absolute Gasteiger partial charge is 0.269 e. The van der Waals surface area contributed by atoms with Crippen LogP contribution in [0.25, 0.3) is 0 Å². The van der Waals surface area contributed by atoms with Crippen molar-refractivity contribution in [2.24, 2.45) is 23.2 Å². The van der Waals surface area contributed by atoms with Gasteiger partial charge >= 0.3 is 0 Å². The van der Waals surface area contributed by atoms with Crippen LogP contribution < -0.4 is 10.9 Å². The highest BCUT2D eigenvalue weighted by Gasteiger charge is 2.54. The largest absolute Gasteiger partial charge is 0.289 e. The first-order chi connectivity index (χ1) is 14.5. The minimum atomic E-state index is -0.369. The predicted molar refractivity (Wildman–Crippen MR) is 113 cm³/mol. The van der Waals surface area contributed by atoms with E-state index in [4.69, 9.17) is 0 Å². The van der Waals surface area contributed by atoms with Gasteiger partial charge in [0.05, 0.1) is 5.41 Å². The monoisotopic (exact) mass is 402 g/mol. The summed E-state index contributed by atoms with van der Waals surface area (Å²) in [5.74, 6) is 1.53. The molecule has 154 valence electrons. The van der Waals surface area contributed by atoms with E-state index < -0.39 is 0 Å². The highest BCUT2D eigenvalue weighted by Crippen LogP contribution is 2.60. The molecule has 4 aliphatic rings. The van der Waals surface area contributed by atoms with Crippen molar-refractivity contribution in [2.75, 3.05) is 0 Å². The van der Waals surface area contributed by atoms with Crippen molar-refractivity contribution < 1.29 is 14.4 Å². The van der Waals surface area contributed by atoms with Crippen LogP contribution in [0.3, 0.4) is 0 Å². The van der Waals surface area contributed by atoms with Crippen molar-refractivity contribution in [3.05, 3.63) is 71.3 Å². The number of ketones is 1. The molecule has 2 amide bonds. The van der Waals surface area contributed by atoms with Gasteiger partial charge in [0.15, 0.2) is 5.78 Å². The molecule has 2 aromatic rings. The normalized spacial score (nSPS) is 28.7. The molecule has 4 fully saturated rings. The van der Waals surface area contributed by atoms with E-state index in [-0.39, 0.29) is 23.0 Å². The second kappa shape index (κ2) is 7.38. The SMILES string of the molecule is O=C(NNC(=O)C12CC3CC(CC(C3)C1)C2)c1ccc(C(=O)c2ccccc2)cc1. The molecule has 4 aliphatic carbocycles. The summed E-state index contributed by atoms with van der Waals surface area (Å²) in [5.41, 5.74) is 6.52. The Morgan fingerprint density at radius 1 is 0.667 bits per heavy atom. The van der Waals surface area contributed by atoms with Gasteiger partial charge in [0.1, 0.15) is 0 Å². The molecule has 2 N–H and O–H groups in total. The van der Waals surface area contributed by atoms with Crippen LogP contribution in [0.2, 0.25) is 0 Å². The van der Waals surface area contributed by atoms with Gasteiger partial charge in [0.2, 0.25) is 5.91 Å². The summed E-state index contributed by atoms with van der Waals surface area (Å²) in [4.78, 5) is 38.0. The van der Waals surface area contributed by atoms with Gasteiger partial charge in [-0.2, -0.15) is 0 Å². The number of amides is 2. The molecule has 0 saturated heterocycles. The average molecular weight is 402 g/mol. The maximum Gasteiger partial charge on any atom is 0.269 e. The number of hydrazine groups is 1. The summed E-state index contributed by atoms with van der Waals surface area (Å²) >= 11 is 0. The summed E-state index contributed by atoms with van der Waals surface area (Å²) in [6.07, 6.45) is 6.68. The van der Waals surface area contributed by atoms with E-state index in [1.807, 2.05) is 18.2 Å². The third-order valence-corrected chi connectivity index (χ3v) is 7.25. The Hall–Kier alpha value is -2.95. The molecule has 0 spiro atoms. The molecule has 0 aliphatic heterocycles. The molecular formula is C25H26N2O3. The number of nitrogens with one attached hydrogen (secondary N) is 2. The minimum absolute atomic E-state index is 0.0363.